The van der Waals surface area contributed by atoms with Gasteiger partial charge in [0.1, 0.15) is 5.75 Å². The van der Waals surface area contributed by atoms with E-state index >= 15 is 0 Å². The summed E-state index contributed by atoms with van der Waals surface area (Å²) in [6.07, 6.45) is 2.12. The summed E-state index contributed by atoms with van der Waals surface area (Å²) in [7, 11) is -3.10. The van der Waals surface area contributed by atoms with E-state index in [0.29, 0.717) is 17.7 Å². The van der Waals surface area contributed by atoms with Crippen LogP contribution in [0.2, 0.25) is 0 Å². The number of benzene rings is 1. The van der Waals surface area contributed by atoms with E-state index in [9.17, 15) is 18.0 Å². The molecule has 1 atom stereocenters. The Balaban J connectivity index is 1.47. The van der Waals surface area contributed by atoms with Crippen LogP contribution in [0.15, 0.2) is 24.3 Å². The van der Waals surface area contributed by atoms with Crippen molar-refractivity contribution < 1.29 is 27.5 Å². The molecule has 1 aromatic carbocycles. The summed E-state index contributed by atoms with van der Waals surface area (Å²) in [6.45, 7) is -0.789. The van der Waals surface area contributed by atoms with Crippen LogP contribution in [0, 0.1) is 11.3 Å². The third kappa shape index (κ3) is 5.20. The van der Waals surface area contributed by atoms with Crippen LogP contribution in [0.3, 0.4) is 0 Å². The van der Waals surface area contributed by atoms with Crippen molar-refractivity contribution >= 4 is 21.7 Å². The molecule has 0 unspecified atom stereocenters. The van der Waals surface area contributed by atoms with Gasteiger partial charge in [0.15, 0.2) is 23.1 Å². The summed E-state index contributed by atoms with van der Waals surface area (Å²) in [5.41, 5.74) is 0.476. The average Bonchev–Trinajstić information content (AvgIpc) is 3.41. The van der Waals surface area contributed by atoms with Gasteiger partial charge in [0.25, 0.3) is 5.91 Å². The van der Waals surface area contributed by atoms with E-state index in [-0.39, 0.29) is 36.1 Å². The van der Waals surface area contributed by atoms with Crippen LogP contribution in [-0.2, 0) is 24.2 Å². The van der Waals surface area contributed by atoms with E-state index in [0.717, 1.165) is 12.8 Å². The third-order valence-corrected chi connectivity index (χ3v) is 6.28. The number of carbonyl (C=O) groups excluding carboxylic acids is 2. The molecule has 1 aromatic rings. The van der Waals surface area contributed by atoms with E-state index in [1.807, 2.05) is 6.07 Å². The standard InChI is InChI=1S/C18H20N2O6S/c19-9-13-1-5-16(6-2-13)25-11-18(22)26-10-17(21)20(14-3-4-14)15-7-8-27(23,24)12-15/h1-2,5-6,14-15H,3-4,7-8,10-12H2/t15-/m1/s1. The summed E-state index contributed by atoms with van der Waals surface area (Å²) < 4.78 is 33.6. The van der Waals surface area contributed by atoms with E-state index in [4.69, 9.17) is 14.7 Å². The van der Waals surface area contributed by atoms with Crippen molar-refractivity contribution in [3.8, 4) is 11.8 Å². The largest absolute Gasteiger partial charge is 0.482 e. The maximum Gasteiger partial charge on any atom is 0.344 e. The van der Waals surface area contributed by atoms with Gasteiger partial charge in [-0.05, 0) is 43.5 Å². The molecule has 2 aliphatic rings. The first kappa shape index (κ1) is 19.2. The number of hydrogen-bond donors (Lipinski definition) is 0. The first-order chi connectivity index (χ1) is 12.9. The van der Waals surface area contributed by atoms with Gasteiger partial charge >= 0.3 is 5.97 Å². The van der Waals surface area contributed by atoms with Gasteiger partial charge < -0.3 is 14.4 Å². The lowest BCUT2D eigenvalue weighted by atomic mass is 10.2. The summed E-state index contributed by atoms with van der Waals surface area (Å²) in [5, 5.41) is 8.73. The number of rotatable bonds is 7. The predicted molar refractivity (Wildman–Crippen MR) is 94.5 cm³/mol. The Morgan fingerprint density at radius 1 is 1.11 bits per heavy atom. The minimum absolute atomic E-state index is 0.0228. The van der Waals surface area contributed by atoms with Gasteiger partial charge in [-0.2, -0.15) is 5.26 Å². The van der Waals surface area contributed by atoms with E-state index in [1.165, 1.54) is 0 Å². The molecule has 0 aromatic heterocycles. The maximum absolute atomic E-state index is 12.5. The second-order valence-corrected chi connectivity index (χ2v) is 8.90. The first-order valence-electron chi connectivity index (χ1n) is 8.68. The topological polar surface area (TPSA) is 114 Å². The number of nitriles is 1. The molecule has 1 saturated carbocycles. The van der Waals surface area contributed by atoms with Crippen molar-refractivity contribution in [3.05, 3.63) is 29.8 Å². The molecular weight excluding hydrogens is 372 g/mol. The zero-order valence-corrected chi connectivity index (χ0v) is 15.5. The van der Waals surface area contributed by atoms with Crippen LogP contribution >= 0.6 is 0 Å². The zero-order valence-electron chi connectivity index (χ0n) is 14.7. The molecule has 1 heterocycles. The zero-order chi connectivity index (χ0) is 19.4. The Morgan fingerprint density at radius 3 is 2.37 bits per heavy atom. The molecule has 3 rings (SSSR count). The molecule has 0 radical (unpaired) electrons. The fourth-order valence-corrected chi connectivity index (χ4v) is 4.79. The lowest BCUT2D eigenvalue weighted by Gasteiger charge is -2.28. The Labute approximate surface area is 157 Å². The van der Waals surface area contributed by atoms with Crippen molar-refractivity contribution in [1.82, 2.24) is 4.90 Å². The van der Waals surface area contributed by atoms with Crippen LogP contribution in [0.1, 0.15) is 24.8 Å². The van der Waals surface area contributed by atoms with Gasteiger partial charge in [-0.25, -0.2) is 13.2 Å². The van der Waals surface area contributed by atoms with Crippen molar-refractivity contribution in [2.75, 3.05) is 24.7 Å². The molecule has 1 aliphatic carbocycles. The summed E-state index contributed by atoms with van der Waals surface area (Å²) in [5.74, 6) is -0.584. The van der Waals surface area contributed by atoms with Gasteiger partial charge in [0, 0.05) is 12.1 Å². The van der Waals surface area contributed by atoms with Gasteiger partial charge in [-0.1, -0.05) is 0 Å². The van der Waals surface area contributed by atoms with Gasteiger partial charge in [0.2, 0.25) is 0 Å². The lowest BCUT2D eigenvalue weighted by molar-refractivity contribution is -0.154. The molecule has 0 bridgehead atoms. The number of nitrogens with zero attached hydrogens (tertiary/aromatic N) is 2. The fourth-order valence-electron chi connectivity index (χ4n) is 3.08. The van der Waals surface area contributed by atoms with Gasteiger partial charge in [0.05, 0.1) is 23.1 Å². The predicted octanol–water partition coefficient (Wildman–Crippen LogP) is 0.658. The highest BCUT2D eigenvalue weighted by molar-refractivity contribution is 7.91. The molecule has 0 N–H and O–H groups in total. The molecule has 1 amide bonds. The molecule has 1 saturated heterocycles. The van der Waals surface area contributed by atoms with Crippen LogP contribution in [-0.4, -0.2) is 62.0 Å². The number of carbonyl (C=O) groups is 2. The number of amides is 1. The molecule has 144 valence electrons. The van der Waals surface area contributed by atoms with Crippen molar-refractivity contribution in [3.63, 3.8) is 0 Å². The summed E-state index contributed by atoms with van der Waals surface area (Å²) in [4.78, 5) is 25.8. The molecular formula is C18H20N2O6S. The molecule has 2 fully saturated rings. The van der Waals surface area contributed by atoms with Crippen molar-refractivity contribution in [2.45, 2.75) is 31.3 Å². The van der Waals surface area contributed by atoms with E-state index in [2.05, 4.69) is 0 Å². The minimum atomic E-state index is -3.10. The van der Waals surface area contributed by atoms with Gasteiger partial charge in [-0.3, -0.25) is 4.79 Å². The molecule has 9 heteroatoms. The third-order valence-electron chi connectivity index (χ3n) is 4.53. The number of sulfone groups is 1. The molecule has 27 heavy (non-hydrogen) atoms. The average molecular weight is 392 g/mol. The van der Waals surface area contributed by atoms with Crippen molar-refractivity contribution in [2.24, 2.45) is 0 Å². The number of hydrogen-bond acceptors (Lipinski definition) is 7. The number of esters is 1. The summed E-state index contributed by atoms with van der Waals surface area (Å²) in [6, 6.07) is 7.94. The second-order valence-electron chi connectivity index (χ2n) is 6.67. The first-order valence-corrected chi connectivity index (χ1v) is 10.5. The molecule has 8 nitrogen and oxygen atoms in total. The maximum atomic E-state index is 12.5. The van der Waals surface area contributed by atoms with Crippen LogP contribution in [0.5, 0.6) is 5.75 Å². The molecule has 0 spiro atoms. The SMILES string of the molecule is N#Cc1ccc(OCC(=O)OCC(=O)N(C2CC2)[C@@H]2CCS(=O)(=O)C2)cc1. The van der Waals surface area contributed by atoms with Crippen molar-refractivity contribution in [1.29, 1.82) is 5.26 Å². The smallest absolute Gasteiger partial charge is 0.344 e. The minimum Gasteiger partial charge on any atom is -0.482 e. The Kier molecular flexibility index (Phi) is 5.65. The number of ether oxygens (including phenoxy) is 2. The van der Waals surface area contributed by atoms with E-state index in [1.54, 1.807) is 29.2 Å². The fraction of sp³-hybridized carbons (Fsp3) is 0.500. The Morgan fingerprint density at radius 2 is 1.81 bits per heavy atom. The highest BCUT2D eigenvalue weighted by Gasteiger charge is 2.42. The van der Waals surface area contributed by atoms with Crippen LogP contribution < -0.4 is 4.74 Å². The highest BCUT2D eigenvalue weighted by Crippen LogP contribution is 2.32. The second kappa shape index (κ2) is 7.96. The van der Waals surface area contributed by atoms with Crippen LogP contribution in [0.4, 0.5) is 0 Å². The van der Waals surface area contributed by atoms with Crippen LogP contribution in [0.25, 0.3) is 0 Å². The quantitative estimate of drug-likeness (QED) is 0.626. The normalized spacial score (nSPS) is 20.5. The highest BCUT2D eigenvalue weighted by atomic mass is 32.2. The van der Waals surface area contributed by atoms with E-state index < -0.39 is 22.4 Å². The Hall–Kier alpha value is -2.60. The molecule has 1 aliphatic heterocycles. The Bertz CT molecular complexity index is 855. The summed E-state index contributed by atoms with van der Waals surface area (Å²) >= 11 is 0. The monoisotopic (exact) mass is 392 g/mol. The lowest BCUT2D eigenvalue weighted by Crippen LogP contribution is -2.45. The van der Waals surface area contributed by atoms with Gasteiger partial charge in [-0.15, -0.1) is 0 Å².